The van der Waals surface area contributed by atoms with E-state index >= 15 is 0 Å². The first kappa shape index (κ1) is 12.3. The summed E-state index contributed by atoms with van der Waals surface area (Å²) in [4.78, 5) is 13.6. The molecule has 15 heavy (non-hydrogen) atoms. The molecule has 0 saturated carbocycles. The molecule has 0 bridgehead atoms. The van der Waals surface area contributed by atoms with Crippen LogP contribution in [0, 0.1) is 5.92 Å². The van der Waals surface area contributed by atoms with Crippen LogP contribution in [-0.4, -0.2) is 41.8 Å². The van der Waals surface area contributed by atoms with Crippen LogP contribution in [0.1, 0.15) is 33.1 Å². The van der Waals surface area contributed by atoms with E-state index in [9.17, 15) is 4.79 Å². The van der Waals surface area contributed by atoms with Crippen LogP contribution < -0.4 is 5.32 Å². The van der Waals surface area contributed by atoms with Crippen molar-refractivity contribution in [1.29, 1.82) is 0 Å². The number of nitrogens with zero attached hydrogens (tertiary/aromatic N) is 1. The van der Waals surface area contributed by atoms with Gasteiger partial charge in [0.25, 0.3) is 0 Å². The molecule has 1 aliphatic rings. The molecule has 88 valence electrons. The quantitative estimate of drug-likeness (QED) is 0.741. The van der Waals surface area contributed by atoms with Gasteiger partial charge in [-0.05, 0) is 32.1 Å². The monoisotopic (exact) mass is 214 g/mol. The number of carbonyl (C=O) groups is 1. The second-order valence-electron chi connectivity index (χ2n) is 4.56. The van der Waals surface area contributed by atoms with Gasteiger partial charge in [0.1, 0.15) is 0 Å². The van der Waals surface area contributed by atoms with Crippen LogP contribution in [0.2, 0.25) is 0 Å². The number of carbonyl (C=O) groups excluding carboxylic acids is 1. The lowest BCUT2D eigenvalue weighted by Crippen LogP contribution is -2.47. The van der Waals surface area contributed by atoms with Crippen molar-refractivity contribution in [2.75, 3.05) is 19.7 Å². The van der Waals surface area contributed by atoms with Crippen molar-refractivity contribution in [2.24, 2.45) is 5.92 Å². The molecule has 2 unspecified atom stereocenters. The molecule has 2 amide bonds. The predicted molar refractivity (Wildman–Crippen MR) is 59.7 cm³/mol. The van der Waals surface area contributed by atoms with Crippen molar-refractivity contribution in [1.82, 2.24) is 10.2 Å². The Morgan fingerprint density at radius 1 is 1.67 bits per heavy atom. The summed E-state index contributed by atoms with van der Waals surface area (Å²) in [5, 5.41) is 11.6. The Labute approximate surface area is 91.6 Å². The van der Waals surface area contributed by atoms with E-state index in [1.807, 2.05) is 11.8 Å². The molecule has 2 atom stereocenters. The normalized spacial score (nSPS) is 23.7. The molecule has 0 aliphatic carbocycles. The average molecular weight is 214 g/mol. The Kier molecular flexibility index (Phi) is 4.88. The van der Waals surface area contributed by atoms with Crippen LogP contribution in [0.25, 0.3) is 0 Å². The van der Waals surface area contributed by atoms with Gasteiger partial charge in [-0.15, -0.1) is 0 Å². The standard InChI is InChI=1S/C11H22N2O2/c1-9-4-3-6-13(8-9)11(15)12-10(2)5-7-14/h9-10,14H,3-8H2,1-2H3,(H,12,15). The average Bonchev–Trinajstić information content (AvgIpc) is 2.18. The first-order chi connectivity index (χ1) is 7.13. The van der Waals surface area contributed by atoms with Gasteiger partial charge in [-0.25, -0.2) is 4.79 Å². The fraction of sp³-hybridized carbons (Fsp3) is 0.909. The van der Waals surface area contributed by atoms with Crippen LogP contribution in [0.4, 0.5) is 4.79 Å². The number of aliphatic hydroxyl groups is 1. The number of piperidine rings is 1. The lowest BCUT2D eigenvalue weighted by Gasteiger charge is -2.31. The molecule has 4 heteroatoms. The number of nitrogens with one attached hydrogen (secondary N) is 1. The summed E-state index contributed by atoms with van der Waals surface area (Å²) in [6.07, 6.45) is 2.94. The smallest absolute Gasteiger partial charge is 0.317 e. The van der Waals surface area contributed by atoms with Gasteiger partial charge in [-0.1, -0.05) is 6.92 Å². The molecule has 1 saturated heterocycles. The molecule has 1 fully saturated rings. The zero-order valence-electron chi connectivity index (χ0n) is 9.70. The second-order valence-corrected chi connectivity index (χ2v) is 4.56. The van der Waals surface area contributed by atoms with Gasteiger partial charge in [-0.3, -0.25) is 0 Å². The van der Waals surface area contributed by atoms with Gasteiger partial charge in [0.05, 0.1) is 0 Å². The molecule has 2 N–H and O–H groups in total. The minimum absolute atomic E-state index is 0.0162. The molecule has 0 aromatic heterocycles. The highest BCUT2D eigenvalue weighted by molar-refractivity contribution is 5.74. The number of rotatable bonds is 3. The first-order valence-electron chi connectivity index (χ1n) is 5.79. The van der Waals surface area contributed by atoms with Gasteiger partial charge >= 0.3 is 6.03 Å². The molecule has 0 spiro atoms. The Morgan fingerprint density at radius 3 is 3.00 bits per heavy atom. The first-order valence-corrected chi connectivity index (χ1v) is 5.79. The van der Waals surface area contributed by atoms with Gasteiger partial charge in [-0.2, -0.15) is 0 Å². The third-order valence-corrected chi connectivity index (χ3v) is 2.88. The summed E-state index contributed by atoms with van der Waals surface area (Å²) in [6.45, 7) is 5.94. The minimum atomic E-state index is 0.0162. The largest absolute Gasteiger partial charge is 0.396 e. The number of likely N-dealkylation sites (tertiary alicyclic amines) is 1. The number of amides is 2. The van der Waals surface area contributed by atoms with E-state index in [-0.39, 0.29) is 18.7 Å². The van der Waals surface area contributed by atoms with E-state index in [1.54, 1.807) is 0 Å². The highest BCUT2D eigenvalue weighted by Gasteiger charge is 2.21. The number of urea groups is 1. The van der Waals surface area contributed by atoms with E-state index in [4.69, 9.17) is 5.11 Å². The van der Waals surface area contributed by atoms with Gasteiger partial charge in [0, 0.05) is 25.7 Å². The molecule has 0 aromatic rings. The molecule has 1 heterocycles. The van der Waals surface area contributed by atoms with E-state index in [0.717, 1.165) is 19.5 Å². The summed E-state index contributed by atoms with van der Waals surface area (Å²) >= 11 is 0. The van der Waals surface area contributed by atoms with Crippen molar-refractivity contribution in [3.63, 3.8) is 0 Å². The highest BCUT2D eigenvalue weighted by Crippen LogP contribution is 2.15. The fourth-order valence-electron chi connectivity index (χ4n) is 1.94. The van der Waals surface area contributed by atoms with E-state index in [1.165, 1.54) is 6.42 Å². The van der Waals surface area contributed by atoms with E-state index in [2.05, 4.69) is 12.2 Å². The topological polar surface area (TPSA) is 52.6 Å². The lowest BCUT2D eigenvalue weighted by molar-refractivity contribution is 0.164. The summed E-state index contributed by atoms with van der Waals surface area (Å²) in [6, 6.07) is 0.0715. The maximum atomic E-state index is 11.8. The maximum absolute atomic E-state index is 11.8. The Bertz CT molecular complexity index is 209. The SMILES string of the molecule is CC1CCCN(C(=O)NC(C)CCO)C1. The Balaban J connectivity index is 2.32. The van der Waals surface area contributed by atoms with Gasteiger partial charge in [0.15, 0.2) is 0 Å². The van der Waals surface area contributed by atoms with Crippen molar-refractivity contribution >= 4 is 6.03 Å². The summed E-state index contributed by atoms with van der Waals surface area (Å²) in [5.74, 6) is 0.609. The minimum Gasteiger partial charge on any atom is -0.396 e. The van der Waals surface area contributed by atoms with Crippen molar-refractivity contribution in [3.8, 4) is 0 Å². The predicted octanol–water partition coefficient (Wildman–Crippen LogP) is 1.20. The van der Waals surface area contributed by atoms with Gasteiger partial charge in [0.2, 0.25) is 0 Å². The maximum Gasteiger partial charge on any atom is 0.317 e. The summed E-state index contributed by atoms with van der Waals surface area (Å²) in [5.41, 5.74) is 0. The zero-order chi connectivity index (χ0) is 11.3. The molecular formula is C11H22N2O2. The highest BCUT2D eigenvalue weighted by atomic mass is 16.3. The molecular weight excluding hydrogens is 192 g/mol. The Morgan fingerprint density at radius 2 is 2.40 bits per heavy atom. The van der Waals surface area contributed by atoms with Crippen molar-refractivity contribution < 1.29 is 9.90 Å². The van der Waals surface area contributed by atoms with E-state index < -0.39 is 0 Å². The van der Waals surface area contributed by atoms with Crippen LogP contribution in [0.3, 0.4) is 0 Å². The van der Waals surface area contributed by atoms with Crippen LogP contribution in [0.5, 0.6) is 0 Å². The number of hydrogen-bond acceptors (Lipinski definition) is 2. The summed E-state index contributed by atoms with van der Waals surface area (Å²) < 4.78 is 0. The third-order valence-electron chi connectivity index (χ3n) is 2.88. The van der Waals surface area contributed by atoms with Crippen LogP contribution in [-0.2, 0) is 0 Å². The molecule has 1 rings (SSSR count). The van der Waals surface area contributed by atoms with Gasteiger partial charge < -0.3 is 15.3 Å². The molecule has 4 nitrogen and oxygen atoms in total. The van der Waals surface area contributed by atoms with Crippen LogP contribution in [0.15, 0.2) is 0 Å². The molecule has 0 radical (unpaired) electrons. The lowest BCUT2D eigenvalue weighted by atomic mass is 10.0. The Hall–Kier alpha value is -0.770. The number of hydrogen-bond donors (Lipinski definition) is 2. The van der Waals surface area contributed by atoms with Crippen molar-refractivity contribution in [3.05, 3.63) is 0 Å². The molecule has 0 aromatic carbocycles. The third kappa shape index (κ3) is 4.08. The zero-order valence-corrected chi connectivity index (χ0v) is 9.70. The number of aliphatic hydroxyl groups excluding tert-OH is 1. The fourth-order valence-corrected chi connectivity index (χ4v) is 1.94. The van der Waals surface area contributed by atoms with Crippen LogP contribution >= 0.6 is 0 Å². The summed E-state index contributed by atoms with van der Waals surface area (Å²) in [7, 11) is 0. The van der Waals surface area contributed by atoms with E-state index in [0.29, 0.717) is 12.3 Å². The van der Waals surface area contributed by atoms with Crippen molar-refractivity contribution in [2.45, 2.75) is 39.2 Å². The second kappa shape index (κ2) is 5.95. The molecule has 1 aliphatic heterocycles.